The van der Waals surface area contributed by atoms with Crippen molar-refractivity contribution in [1.29, 1.82) is 0 Å². The predicted molar refractivity (Wildman–Crippen MR) is 76.1 cm³/mol. The number of nitrogens with one attached hydrogen (secondary N) is 1. The number of rotatable bonds is 5. The molecule has 1 aromatic carbocycles. The van der Waals surface area contributed by atoms with Crippen molar-refractivity contribution >= 4 is 0 Å². The van der Waals surface area contributed by atoms with Crippen LogP contribution in [0.25, 0.3) is 0 Å². The molecule has 0 aromatic heterocycles. The Kier molecular flexibility index (Phi) is 4.66. The standard InChI is InChI=1S/C15H24N2O2/c1-10-5-4-6-12(10)15(17-16)13-8-7-11(18-2)9-14(13)19-3/h7-10,12,15,17H,4-6,16H2,1-3H3. The fourth-order valence-corrected chi connectivity index (χ4v) is 3.19. The van der Waals surface area contributed by atoms with Gasteiger partial charge in [0.1, 0.15) is 11.5 Å². The van der Waals surface area contributed by atoms with Gasteiger partial charge in [-0.25, -0.2) is 0 Å². The molecule has 1 aliphatic rings. The fourth-order valence-electron chi connectivity index (χ4n) is 3.19. The highest BCUT2D eigenvalue weighted by molar-refractivity contribution is 5.42. The Morgan fingerprint density at radius 2 is 2.05 bits per heavy atom. The van der Waals surface area contributed by atoms with Crippen molar-refractivity contribution in [2.75, 3.05) is 14.2 Å². The minimum atomic E-state index is 0.137. The number of ether oxygens (including phenoxy) is 2. The second-order valence-electron chi connectivity index (χ2n) is 5.32. The number of methoxy groups -OCH3 is 2. The van der Waals surface area contributed by atoms with E-state index in [1.54, 1.807) is 14.2 Å². The van der Waals surface area contributed by atoms with E-state index in [0.717, 1.165) is 17.1 Å². The summed E-state index contributed by atoms with van der Waals surface area (Å²) in [6, 6.07) is 6.06. The van der Waals surface area contributed by atoms with Crippen molar-refractivity contribution < 1.29 is 9.47 Å². The van der Waals surface area contributed by atoms with E-state index < -0.39 is 0 Å². The van der Waals surface area contributed by atoms with E-state index in [9.17, 15) is 0 Å². The number of hydrogen-bond donors (Lipinski definition) is 2. The predicted octanol–water partition coefficient (Wildman–Crippen LogP) is 2.64. The zero-order valence-electron chi connectivity index (χ0n) is 12.0. The molecule has 0 spiro atoms. The average Bonchev–Trinajstić information content (AvgIpc) is 2.86. The Balaban J connectivity index is 2.31. The first-order valence-electron chi connectivity index (χ1n) is 6.89. The van der Waals surface area contributed by atoms with E-state index in [4.69, 9.17) is 15.3 Å². The van der Waals surface area contributed by atoms with Crippen molar-refractivity contribution in [2.45, 2.75) is 32.2 Å². The zero-order valence-corrected chi connectivity index (χ0v) is 12.0. The Labute approximate surface area is 115 Å². The SMILES string of the molecule is COc1ccc(C(NN)C2CCCC2C)c(OC)c1. The molecule has 3 atom stereocenters. The van der Waals surface area contributed by atoms with Gasteiger partial charge in [0.15, 0.2) is 0 Å². The maximum atomic E-state index is 5.80. The highest BCUT2D eigenvalue weighted by atomic mass is 16.5. The Hall–Kier alpha value is -1.26. The third-order valence-electron chi connectivity index (χ3n) is 4.31. The molecule has 2 rings (SSSR count). The van der Waals surface area contributed by atoms with Crippen LogP contribution in [-0.4, -0.2) is 14.2 Å². The van der Waals surface area contributed by atoms with E-state index in [1.165, 1.54) is 19.3 Å². The monoisotopic (exact) mass is 264 g/mol. The topological polar surface area (TPSA) is 56.5 Å². The van der Waals surface area contributed by atoms with E-state index >= 15 is 0 Å². The molecular formula is C15H24N2O2. The highest BCUT2D eigenvalue weighted by Gasteiger charge is 2.32. The van der Waals surface area contributed by atoms with Gasteiger partial charge >= 0.3 is 0 Å². The molecule has 1 aromatic rings. The molecule has 0 radical (unpaired) electrons. The number of benzene rings is 1. The van der Waals surface area contributed by atoms with Crippen LogP contribution >= 0.6 is 0 Å². The molecule has 0 aliphatic heterocycles. The van der Waals surface area contributed by atoms with Gasteiger partial charge in [0.25, 0.3) is 0 Å². The van der Waals surface area contributed by atoms with Crippen LogP contribution in [0.2, 0.25) is 0 Å². The molecule has 19 heavy (non-hydrogen) atoms. The van der Waals surface area contributed by atoms with Gasteiger partial charge in [-0.1, -0.05) is 25.8 Å². The van der Waals surface area contributed by atoms with Crippen LogP contribution in [0.4, 0.5) is 0 Å². The summed E-state index contributed by atoms with van der Waals surface area (Å²) in [5, 5.41) is 0. The van der Waals surface area contributed by atoms with Crippen LogP contribution in [0.5, 0.6) is 11.5 Å². The third-order valence-corrected chi connectivity index (χ3v) is 4.31. The minimum Gasteiger partial charge on any atom is -0.497 e. The summed E-state index contributed by atoms with van der Waals surface area (Å²) >= 11 is 0. The van der Waals surface area contributed by atoms with E-state index in [1.807, 2.05) is 18.2 Å². The first-order chi connectivity index (χ1) is 9.21. The van der Waals surface area contributed by atoms with Crippen LogP contribution in [0, 0.1) is 11.8 Å². The molecule has 0 saturated heterocycles. The molecule has 1 aliphatic carbocycles. The van der Waals surface area contributed by atoms with E-state index in [-0.39, 0.29) is 6.04 Å². The fraction of sp³-hybridized carbons (Fsp3) is 0.600. The number of hydrazine groups is 1. The van der Waals surface area contributed by atoms with E-state index in [0.29, 0.717) is 11.8 Å². The molecular weight excluding hydrogens is 240 g/mol. The number of hydrogen-bond acceptors (Lipinski definition) is 4. The molecule has 4 heteroatoms. The Bertz CT molecular complexity index is 423. The van der Waals surface area contributed by atoms with Gasteiger partial charge < -0.3 is 9.47 Å². The van der Waals surface area contributed by atoms with Gasteiger partial charge in [-0.05, 0) is 24.3 Å². The normalized spacial score (nSPS) is 24.2. The van der Waals surface area contributed by atoms with Gasteiger partial charge in [0.2, 0.25) is 0 Å². The quantitative estimate of drug-likeness (QED) is 0.634. The maximum absolute atomic E-state index is 5.80. The molecule has 0 bridgehead atoms. The third kappa shape index (κ3) is 2.85. The largest absolute Gasteiger partial charge is 0.497 e. The Morgan fingerprint density at radius 3 is 2.58 bits per heavy atom. The van der Waals surface area contributed by atoms with Gasteiger partial charge in [-0.15, -0.1) is 0 Å². The maximum Gasteiger partial charge on any atom is 0.127 e. The van der Waals surface area contributed by atoms with Crippen molar-refractivity contribution in [3.05, 3.63) is 23.8 Å². The molecule has 3 unspecified atom stereocenters. The summed E-state index contributed by atoms with van der Waals surface area (Å²) in [6.07, 6.45) is 3.77. The molecule has 3 N–H and O–H groups in total. The van der Waals surface area contributed by atoms with Crippen LogP contribution in [0.15, 0.2) is 18.2 Å². The van der Waals surface area contributed by atoms with Crippen LogP contribution in [0.3, 0.4) is 0 Å². The lowest BCUT2D eigenvalue weighted by atomic mass is 9.86. The molecule has 1 fully saturated rings. The first-order valence-corrected chi connectivity index (χ1v) is 6.89. The molecule has 1 saturated carbocycles. The van der Waals surface area contributed by atoms with Crippen molar-refractivity contribution in [2.24, 2.45) is 17.7 Å². The summed E-state index contributed by atoms with van der Waals surface area (Å²) in [6.45, 7) is 2.30. The molecule has 0 heterocycles. The molecule has 106 valence electrons. The van der Waals surface area contributed by atoms with Crippen molar-refractivity contribution in [1.82, 2.24) is 5.43 Å². The molecule has 4 nitrogen and oxygen atoms in total. The minimum absolute atomic E-state index is 0.137. The van der Waals surface area contributed by atoms with Gasteiger partial charge in [0.05, 0.1) is 20.3 Å². The Morgan fingerprint density at radius 1 is 1.26 bits per heavy atom. The van der Waals surface area contributed by atoms with Crippen LogP contribution < -0.4 is 20.7 Å². The van der Waals surface area contributed by atoms with Crippen LogP contribution in [0.1, 0.15) is 37.8 Å². The van der Waals surface area contributed by atoms with E-state index in [2.05, 4.69) is 12.3 Å². The lowest BCUT2D eigenvalue weighted by Crippen LogP contribution is -2.34. The highest BCUT2D eigenvalue weighted by Crippen LogP contribution is 2.42. The van der Waals surface area contributed by atoms with Gasteiger partial charge in [-0.2, -0.15) is 0 Å². The van der Waals surface area contributed by atoms with Crippen molar-refractivity contribution in [3.8, 4) is 11.5 Å². The first kappa shape index (κ1) is 14.2. The summed E-state index contributed by atoms with van der Waals surface area (Å²) < 4.78 is 10.7. The summed E-state index contributed by atoms with van der Waals surface area (Å²) in [4.78, 5) is 0. The van der Waals surface area contributed by atoms with Crippen LogP contribution in [-0.2, 0) is 0 Å². The summed E-state index contributed by atoms with van der Waals surface area (Å²) in [7, 11) is 3.34. The van der Waals surface area contributed by atoms with Gasteiger partial charge in [-0.3, -0.25) is 11.3 Å². The van der Waals surface area contributed by atoms with Crippen molar-refractivity contribution in [3.63, 3.8) is 0 Å². The second-order valence-corrected chi connectivity index (χ2v) is 5.32. The number of nitrogens with two attached hydrogens (primary N) is 1. The lowest BCUT2D eigenvalue weighted by Gasteiger charge is -2.28. The summed E-state index contributed by atoms with van der Waals surface area (Å²) in [5.74, 6) is 8.69. The lowest BCUT2D eigenvalue weighted by molar-refractivity contribution is 0.294. The molecule has 0 amide bonds. The zero-order chi connectivity index (χ0) is 13.8. The van der Waals surface area contributed by atoms with Gasteiger partial charge in [0, 0.05) is 11.6 Å². The summed E-state index contributed by atoms with van der Waals surface area (Å²) in [5.41, 5.74) is 4.10. The smallest absolute Gasteiger partial charge is 0.127 e. The average molecular weight is 264 g/mol. The second kappa shape index (κ2) is 6.26.